The van der Waals surface area contributed by atoms with Gasteiger partial charge in [0.25, 0.3) is 6.71 Å². The Morgan fingerprint density at radius 3 is 1.24 bits per heavy atom. The molecule has 0 saturated carbocycles. The highest BCUT2D eigenvalue weighted by Crippen LogP contribution is 2.65. The molecule has 0 N–H and O–H groups in total. The molecule has 0 saturated heterocycles. The Hall–Kier alpha value is -13.0. The van der Waals surface area contributed by atoms with Crippen LogP contribution in [-0.2, 0) is 10.8 Å². The standard InChI is InChI=1S/C101H70BN3/c1-100(2,3)72-56-58-92-89(62-72)102-88-57-55-70(74-46-29-49-82-79-43-21-26-52-87(79)101(96(74)82)85-50-24-19-41-77(85)78-42-20-25-51-86(78)101)61-93(88)105(99-83(68-37-15-7-16-38-68)59-71(65-31-9-4-10-32-65)60-84(99)69-39-17-8-18-40-69)95-64-73(103-90-53-27-22-44-80(90)81-45-23-28-54-91(81)103)63-94(97(95)102)104(92)98-75(66-33-11-5-12-34-66)47-30-48-76(98)67-35-13-6-14-36-67/h4-64H,1-3H3/i22D,23D,27D,28D,44D,45D,53D,54D. The van der Waals surface area contributed by atoms with Crippen LogP contribution in [0.25, 0.3) is 117 Å². The van der Waals surface area contributed by atoms with Crippen LogP contribution < -0.4 is 26.2 Å². The molecule has 17 aromatic rings. The fraction of sp³-hybridized carbons (Fsp3) is 0.0495. The van der Waals surface area contributed by atoms with Crippen LogP contribution >= 0.6 is 0 Å². The first-order chi connectivity index (χ1) is 55.1. The molecule has 0 fully saturated rings. The SMILES string of the molecule is [2H]c1c([2H])c([2H])c2c(c1[2H])c1c([2H])c([2H])c([2H])c([2H])c1n2-c1cc2c3c(c1)N(c1c(-c4ccccc4)cc(-c4ccccc4)cc1-c1ccccc1)c1cc(-c4cccc5c4C4(c6ccccc6-c6ccccc64)c4ccccc4-5)ccc1B3c1cc(C(C)(C)C)ccc1N2c1c(-c2ccccc2)cccc1-c1ccccc1. The van der Waals surface area contributed by atoms with E-state index >= 15 is 0 Å². The minimum absolute atomic E-state index is 0.0103. The smallest absolute Gasteiger partial charge is 0.252 e. The monoisotopic (exact) mass is 1340 g/mol. The average Bonchev–Trinajstić information content (AvgIpc) is 1.52. The molecule has 0 amide bonds. The van der Waals surface area contributed by atoms with E-state index in [9.17, 15) is 11.0 Å². The van der Waals surface area contributed by atoms with Gasteiger partial charge in [-0.2, -0.15) is 0 Å². The lowest BCUT2D eigenvalue weighted by atomic mass is 9.33. The molecule has 4 aliphatic rings. The van der Waals surface area contributed by atoms with Crippen LogP contribution in [0.2, 0.25) is 0 Å². The van der Waals surface area contributed by atoms with Crippen molar-refractivity contribution >= 4 is 79.0 Å². The molecule has 492 valence electrons. The number of fused-ring (bicyclic) bond motifs is 17. The third-order valence-corrected chi connectivity index (χ3v) is 22.6. The van der Waals surface area contributed by atoms with E-state index < -0.39 is 48.4 Å². The Kier molecular flexibility index (Phi) is 11.8. The summed E-state index contributed by atoms with van der Waals surface area (Å²) in [6.45, 7) is 6.31. The summed E-state index contributed by atoms with van der Waals surface area (Å²) in [4.78, 5) is 4.92. The lowest BCUT2D eigenvalue weighted by Crippen LogP contribution is -2.61. The van der Waals surface area contributed by atoms with Gasteiger partial charge in [0.15, 0.2) is 0 Å². The van der Waals surface area contributed by atoms with Crippen LogP contribution in [-0.4, -0.2) is 11.3 Å². The van der Waals surface area contributed by atoms with Gasteiger partial charge in [0.2, 0.25) is 0 Å². The van der Waals surface area contributed by atoms with Gasteiger partial charge in [0.1, 0.15) is 0 Å². The molecule has 1 aromatic heterocycles. The summed E-state index contributed by atoms with van der Waals surface area (Å²) in [7, 11) is 0. The number of para-hydroxylation sites is 3. The van der Waals surface area contributed by atoms with Gasteiger partial charge >= 0.3 is 0 Å². The third kappa shape index (κ3) is 9.06. The van der Waals surface area contributed by atoms with Crippen molar-refractivity contribution in [3.05, 3.63) is 398 Å². The normalized spacial score (nSPS) is 14.4. The Morgan fingerprint density at radius 2 is 0.724 bits per heavy atom. The zero-order chi connectivity index (χ0) is 76.6. The van der Waals surface area contributed by atoms with Gasteiger partial charge in [-0.25, -0.2) is 0 Å². The van der Waals surface area contributed by atoms with Crippen LogP contribution in [0.4, 0.5) is 34.1 Å². The average molecular weight is 1340 g/mol. The van der Waals surface area contributed by atoms with Crippen molar-refractivity contribution in [2.24, 2.45) is 0 Å². The summed E-state index contributed by atoms with van der Waals surface area (Å²) < 4.78 is 79.7. The van der Waals surface area contributed by atoms with Crippen LogP contribution in [0.5, 0.6) is 0 Å². The highest BCUT2D eigenvalue weighted by molar-refractivity contribution is 7.00. The van der Waals surface area contributed by atoms with E-state index in [1.165, 1.54) is 38.9 Å². The lowest BCUT2D eigenvalue weighted by Gasteiger charge is -2.46. The Bertz CT molecular complexity index is 6640. The minimum Gasteiger partial charge on any atom is -0.310 e. The highest BCUT2D eigenvalue weighted by Gasteiger charge is 2.53. The third-order valence-electron chi connectivity index (χ3n) is 22.6. The van der Waals surface area contributed by atoms with E-state index in [-0.39, 0.29) is 39.3 Å². The summed E-state index contributed by atoms with van der Waals surface area (Å²) in [5.74, 6) is 0. The van der Waals surface area contributed by atoms with Gasteiger partial charge in [0, 0.05) is 55.8 Å². The summed E-state index contributed by atoms with van der Waals surface area (Å²) in [6, 6.07) is 113. The van der Waals surface area contributed by atoms with E-state index in [0.29, 0.717) is 5.69 Å². The summed E-state index contributed by atoms with van der Waals surface area (Å²) in [5, 5.41) is -0.0207. The second-order valence-corrected chi connectivity index (χ2v) is 29.1. The number of nitrogens with zero attached hydrogens (tertiary/aromatic N) is 3. The Labute approximate surface area is 624 Å². The van der Waals surface area contributed by atoms with Crippen molar-refractivity contribution in [1.29, 1.82) is 0 Å². The fourth-order valence-electron chi connectivity index (χ4n) is 18.1. The molecule has 0 unspecified atom stereocenters. The Balaban J connectivity index is 0.982. The molecule has 3 heterocycles. The maximum atomic E-state index is 10.2. The largest absolute Gasteiger partial charge is 0.310 e. The summed E-state index contributed by atoms with van der Waals surface area (Å²) >= 11 is 0. The molecule has 105 heavy (non-hydrogen) atoms. The van der Waals surface area contributed by atoms with Gasteiger partial charge in [-0.3, -0.25) is 0 Å². The quantitative estimate of drug-likeness (QED) is 0.133. The van der Waals surface area contributed by atoms with Gasteiger partial charge in [-0.05, 0) is 165 Å². The topological polar surface area (TPSA) is 11.4 Å². The number of benzene rings is 16. The first-order valence-electron chi connectivity index (χ1n) is 40.2. The molecule has 4 heteroatoms. The van der Waals surface area contributed by atoms with E-state index in [0.717, 1.165) is 128 Å². The number of hydrogen-bond donors (Lipinski definition) is 0. The van der Waals surface area contributed by atoms with Crippen LogP contribution in [0.1, 0.15) is 59.6 Å². The second-order valence-electron chi connectivity index (χ2n) is 29.1. The molecular formula is C101H70BN3. The zero-order valence-electron chi connectivity index (χ0n) is 66.0. The van der Waals surface area contributed by atoms with Crippen molar-refractivity contribution in [3.8, 4) is 94.7 Å². The first kappa shape index (κ1) is 52.9. The van der Waals surface area contributed by atoms with Crippen molar-refractivity contribution < 1.29 is 11.0 Å². The molecule has 0 atom stereocenters. The predicted molar refractivity (Wildman–Crippen MR) is 442 cm³/mol. The van der Waals surface area contributed by atoms with Crippen molar-refractivity contribution in [3.63, 3.8) is 0 Å². The van der Waals surface area contributed by atoms with Gasteiger partial charge in [-0.15, -0.1) is 0 Å². The fourth-order valence-corrected chi connectivity index (χ4v) is 18.1. The van der Waals surface area contributed by atoms with Crippen molar-refractivity contribution in [2.75, 3.05) is 9.80 Å². The first-order valence-corrected chi connectivity index (χ1v) is 36.2. The molecule has 2 aliphatic carbocycles. The lowest BCUT2D eigenvalue weighted by molar-refractivity contribution is 0.591. The zero-order valence-corrected chi connectivity index (χ0v) is 58.0. The number of hydrogen-bond acceptors (Lipinski definition) is 2. The van der Waals surface area contributed by atoms with E-state index in [1.54, 1.807) is 4.57 Å². The molecule has 0 bridgehead atoms. The van der Waals surface area contributed by atoms with E-state index in [2.05, 4.69) is 340 Å². The molecule has 3 nitrogen and oxygen atoms in total. The maximum absolute atomic E-state index is 10.2. The minimum atomic E-state index is -0.716. The highest BCUT2D eigenvalue weighted by atomic mass is 15.2. The summed E-state index contributed by atoms with van der Waals surface area (Å²) in [6.07, 6.45) is 0. The number of rotatable bonds is 9. The second kappa shape index (κ2) is 23.5. The van der Waals surface area contributed by atoms with Crippen molar-refractivity contribution in [2.45, 2.75) is 31.6 Å². The molecular weight excluding hydrogens is 1270 g/mol. The number of anilines is 6. The van der Waals surface area contributed by atoms with Crippen molar-refractivity contribution in [1.82, 2.24) is 4.57 Å². The Morgan fingerprint density at radius 1 is 0.305 bits per heavy atom. The van der Waals surface area contributed by atoms with Gasteiger partial charge in [0.05, 0.1) is 44.5 Å². The van der Waals surface area contributed by atoms with Crippen LogP contribution in [0, 0.1) is 0 Å². The number of aromatic nitrogens is 1. The van der Waals surface area contributed by atoms with E-state index in [4.69, 9.17) is 0 Å². The molecule has 21 rings (SSSR count). The maximum Gasteiger partial charge on any atom is 0.252 e. The van der Waals surface area contributed by atoms with Gasteiger partial charge in [-0.1, -0.05) is 342 Å². The van der Waals surface area contributed by atoms with E-state index in [1.807, 2.05) is 12.1 Å². The molecule has 16 aromatic carbocycles. The molecule has 1 spiro atoms. The van der Waals surface area contributed by atoms with Gasteiger partial charge < -0.3 is 14.4 Å². The molecule has 0 radical (unpaired) electrons. The molecule has 2 aliphatic heterocycles. The predicted octanol–water partition coefficient (Wildman–Crippen LogP) is 24.5. The summed E-state index contributed by atoms with van der Waals surface area (Å²) in [5.41, 5.74) is 30.0. The van der Waals surface area contributed by atoms with Crippen LogP contribution in [0.15, 0.2) is 370 Å². The van der Waals surface area contributed by atoms with Crippen LogP contribution in [0.3, 0.4) is 0 Å².